The average molecular weight is 409 g/mol. The molecule has 29 heavy (non-hydrogen) atoms. The summed E-state index contributed by atoms with van der Waals surface area (Å²) in [6.45, 7) is 2.19. The fraction of sp³-hybridized carbons (Fsp3) is 0.364. The van der Waals surface area contributed by atoms with Crippen LogP contribution in [0.2, 0.25) is 0 Å². The lowest BCUT2D eigenvalue weighted by atomic mass is 10.1. The predicted molar refractivity (Wildman–Crippen MR) is 107 cm³/mol. The van der Waals surface area contributed by atoms with E-state index in [4.69, 9.17) is 0 Å². The van der Waals surface area contributed by atoms with Gasteiger partial charge in [0.05, 0.1) is 11.1 Å². The second-order valence-electron chi connectivity index (χ2n) is 6.39. The molecule has 2 aromatic carbocycles. The highest BCUT2D eigenvalue weighted by Crippen LogP contribution is 2.37. The molecule has 2 aromatic rings. The van der Waals surface area contributed by atoms with E-state index < -0.39 is 29.0 Å². The summed E-state index contributed by atoms with van der Waals surface area (Å²) in [5.74, 6) is -1.88. The number of hydrogen-bond acceptors (Lipinski definition) is 3. The molecule has 0 aliphatic heterocycles. The number of aldehydes is 1. The number of alkyl halides is 3. The van der Waals surface area contributed by atoms with E-state index in [-0.39, 0.29) is 0 Å². The first-order valence-electron chi connectivity index (χ1n) is 9.50. The van der Waals surface area contributed by atoms with Gasteiger partial charge in [-0.1, -0.05) is 56.9 Å². The molecule has 7 heteroatoms. The number of nitrogens with one attached hydrogen (secondary N) is 1. The van der Waals surface area contributed by atoms with Crippen LogP contribution in [0.4, 0.5) is 18.9 Å². The van der Waals surface area contributed by atoms with Crippen LogP contribution in [-0.2, 0) is 11.0 Å². The second-order valence-corrected chi connectivity index (χ2v) is 6.39. The third kappa shape index (κ3) is 8.81. The van der Waals surface area contributed by atoms with Gasteiger partial charge in [-0.15, -0.1) is 0 Å². The molecule has 2 N–H and O–H groups in total. The standard InChI is InChI=1S/C14H10F3NO2.C8H16O/c15-14(16,17)11-8-4-7-10(12(11)19)13(20)18-9-5-2-1-3-6-9;1-2-3-4-5-6-7-8-9/h1-8,19H,(H,18,20);8H,2-7H2,1H3. The van der Waals surface area contributed by atoms with Gasteiger partial charge >= 0.3 is 6.18 Å². The van der Waals surface area contributed by atoms with Crippen LogP contribution in [0.15, 0.2) is 48.5 Å². The summed E-state index contributed by atoms with van der Waals surface area (Å²) in [7, 11) is 0. The minimum Gasteiger partial charge on any atom is -0.506 e. The van der Waals surface area contributed by atoms with E-state index in [2.05, 4.69) is 12.2 Å². The highest BCUT2D eigenvalue weighted by molar-refractivity contribution is 6.06. The number of para-hydroxylation sites is 2. The predicted octanol–water partition coefficient (Wildman–Crippen LogP) is 6.21. The van der Waals surface area contributed by atoms with Gasteiger partial charge in [0.2, 0.25) is 0 Å². The maximum Gasteiger partial charge on any atom is 0.419 e. The maximum absolute atomic E-state index is 12.6. The Hall–Kier alpha value is -2.83. The van der Waals surface area contributed by atoms with Gasteiger partial charge in [0.15, 0.2) is 0 Å². The molecule has 0 bridgehead atoms. The minimum atomic E-state index is -4.72. The molecular weight excluding hydrogens is 383 g/mol. The number of aromatic hydroxyl groups is 1. The molecular formula is C22H26F3NO3. The number of halogens is 3. The zero-order chi connectivity index (χ0) is 21.7. The highest BCUT2D eigenvalue weighted by Gasteiger charge is 2.35. The molecule has 4 nitrogen and oxygen atoms in total. The molecule has 0 saturated carbocycles. The molecule has 0 fully saturated rings. The summed E-state index contributed by atoms with van der Waals surface area (Å²) in [6, 6.07) is 11.2. The number of carbonyl (C=O) groups is 2. The number of phenolic OH excluding ortho intramolecular Hbond substituents is 1. The first kappa shape index (κ1) is 24.2. The Labute approximate surface area is 168 Å². The van der Waals surface area contributed by atoms with Gasteiger partial charge in [-0.3, -0.25) is 4.79 Å². The smallest absolute Gasteiger partial charge is 0.419 e. The van der Waals surface area contributed by atoms with Crippen molar-refractivity contribution < 1.29 is 27.9 Å². The molecule has 0 aliphatic rings. The van der Waals surface area contributed by atoms with Gasteiger partial charge in [0, 0.05) is 12.1 Å². The van der Waals surface area contributed by atoms with Crippen LogP contribution in [0.1, 0.15) is 61.4 Å². The summed E-state index contributed by atoms with van der Waals surface area (Å²) >= 11 is 0. The summed E-state index contributed by atoms with van der Waals surface area (Å²) in [6.07, 6.45) is 3.25. The van der Waals surface area contributed by atoms with Crippen LogP contribution < -0.4 is 5.32 Å². The Balaban J connectivity index is 0.000000396. The molecule has 158 valence electrons. The first-order chi connectivity index (χ1) is 13.8. The van der Waals surface area contributed by atoms with Gasteiger partial charge in [-0.2, -0.15) is 13.2 Å². The zero-order valence-corrected chi connectivity index (χ0v) is 16.3. The Kier molecular flexibility index (Phi) is 10.5. The summed E-state index contributed by atoms with van der Waals surface area (Å²) in [5.41, 5.74) is -1.24. The fourth-order valence-electron chi connectivity index (χ4n) is 2.51. The molecule has 0 atom stereocenters. The number of rotatable bonds is 8. The van der Waals surface area contributed by atoms with Crippen LogP contribution in [0.3, 0.4) is 0 Å². The molecule has 0 spiro atoms. The van der Waals surface area contributed by atoms with Crippen molar-refractivity contribution in [3.8, 4) is 5.75 Å². The number of hydrogen-bond donors (Lipinski definition) is 2. The molecule has 0 aromatic heterocycles. The van der Waals surface area contributed by atoms with E-state index in [0.717, 1.165) is 31.3 Å². The fourth-order valence-corrected chi connectivity index (χ4v) is 2.51. The number of carbonyl (C=O) groups excluding carboxylic acids is 2. The quantitative estimate of drug-likeness (QED) is 0.402. The summed E-state index contributed by atoms with van der Waals surface area (Å²) in [4.78, 5) is 21.7. The molecule has 0 unspecified atom stereocenters. The van der Waals surface area contributed by atoms with Gasteiger partial charge in [0.1, 0.15) is 12.0 Å². The Morgan fingerprint density at radius 3 is 2.24 bits per heavy atom. The maximum atomic E-state index is 12.6. The van der Waals surface area contributed by atoms with Gasteiger partial charge in [0.25, 0.3) is 5.91 Å². The van der Waals surface area contributed by atoms with Crippen LogP contribution in [0, 0.1) is 0 Å². The van der Waals surface area contributed by atoms with Crippen molar-refractivity contribution in [1.82, 2.24) is 0 Å². The molecule has 0 heterocycles. The lowest BCUT2D eigenvalue weighted by molar-refractivity contribution is -0.138. The highest BCUT2D eigenvalue weighted by atomic mass is 19.4. The van der Waals surface area contributed by atoms with E-state index >= 15 is 0 Å². The first-order valence-corrected chi connectivity index (χ1v) is 9.50. The third-order valence-corrected chi connectivity index (χ3v) is 4.04. The molecule has 0 aliphatic carbocycles. The van der Waals surface area contributed by atoms with Crippen molar-refractivity contribution in [2.45, 2.75) is 51.6 Å². The number of unbranched alkanes of at least 4 members (excludes halogenated alkanes) is 5. The third-order valence-electron chi connectivity index (χ3n) is 4.04. The summed E-state index contributed by atoms with van der Waals surface area (Å²) in [5, 5.41) is 12.0. The lowest BCUT2D eigenvalue weighted by Crippen LogP contribution is -2.14. The normalized spacial score (nSPS) is 10.6. The average Bonchev–Trinajstić information content (AvgIpc) is 2.68. The van der Waals surface area contributed by atoms with Crippen molar-refractivity contribution in [1.29, 1.82) is 0 Å². The lowest BCUT2D eigenvalue weighted by Gasteiger charge is -2.12. The largest absolute Gasteiger partial charge is 0.506 e. The minimum absolute atomic E-state index is 0.425. The van der Waals surface area contributed by atoms with Crippen molar-refractivity contribution >= 4 is 17.9 Å². The van der Waals surface area contributed by atoms with E-state index in [9.17, 15) is 27.9 Å². The summed E-state index contributed by atoms with van der Waals surface area (Å²) < 4.78 is 37.9. The van der Waals surface area contributed by atoms with Gasteiger partial charge in [-0.05, 0) is 30.7 Å². The Morgan fingerprint density at radius 2 is 1.66 bits per heavy atom. The van der Waals surface area contributed by atoms with Crippen molar-refractivity contribution in [3.05, 3.63) is 59.7 Å². The number of benzene rings is 2. The second kappa shape index (κ2) is 12.6. The Bertz CT molecular complexity index is 762. The molecule has 2 rings (SSSR count). The van der Waals surface area contributed by atoms with Gasteiger partial charge in [-0.25, -0.2) is 0 Å². The zero-order valence-electron chi connectivity index (χ0n) is 16.3. The number of anilines is 1. The van der Waals surface area contributed by atoms with Crippen molar-refractivity contribution in [2.24, 2.45) is 0 Å². The van der Waals surface area contributed by atoms with E-state index in [0.29, 0.717) is 11.8 Å². The van der Waals surface area contributed by atoms with Crippen molar-refractivity contribution in [2.75, 3.05) is 5.32 Å². The van der Waals surface area contributed by atoms with Crippen LogP contribution >= 0.6 is 0 Å². The van der Waals surface area contributed by atoms with Gasteiger partial charge < -0.3 is 15.2 Å². The topological polar surface area (TPSA) is 66.4 Å². The number of phenols is 1. The van der Waals surface area contributed by atoms with Crippen molar-refractivity contribution in [3.63, 3.8) is 0 Å². The molecule has 1 amide bonds. The molecule has 0 saturated heterocycles. The SMILES string of the molecule is CCCCCCCC=O.O=C(Nc1ccccc1)c1cccc(C(F)(F)F)c1O. The Morgan fingerprint density at radius 1 is 1.00 bits per heavy atom. The van der Waals surface area contributed by atoms with Crippen LogP contribution in [0.25, 0.3) is 0 Å². The van der Waals surface area contributed by atoms with Crippen LogP contribution in [0.5, 0.6) is 5.75 Å². The van der Waals surface area contributed by atoms with E-state index in [1.807, 2.05) is 0 Å². The number of amides is 1. The van der Waals surface area contributed by atoms with E-state index in [1.54, 1.807) is 30.3 Å². The molecule has 0 radical (unpaired) electrons. The van der Waals surface area contributed by atoms with E-state index in [1.165, 1.54) is 25.7 Å². The monoisotopic (exact) mass is 409 g/mol. The van der Waals surface area contributed by atoms with Crippen LogP contribution in [-0.4, -0.2) is 17.3 Å².